The first-order valence-corrected chi connectivity index (χ1v) is 4.76. The highest BCUT2D eigenvalue weighted by atomic mass is 19.1. The van der Waals surface area contributed by atoms with Gasteiger partial charge in [0.2, 0.25) is 0 Å². The molecule has 0 aromatic heterocycles. The highest BCUT2D eigenvalue weighted by Crippen LogP contribution is 2.17. The molecule has 1 rings (SSSR count). The monoisotopic (exact) mass is 210 g/mol. The Hall–Kier alpha value is -1.63. The highest BCUT2D eigenvalue weighted by Gasteiger charge is 2.09. The van der Waals surface area contributed by atoms with Crippen LogP contribution in [0, 0.1) is 23.0 Å². The van der Waals surface area contributed by atoms with Crippen LogP contribution < -0.4 is 5.32 Å². The maximum atomic E-state index is 13.2. The van der Waals surface area contributed by atoms with E-state index in [4.69, 9.17) is 5.26 Å². The lowest BCUT2D eigenvalue weighted by molar-refractivity contribution is 0.597. The topological polar surface area (TPSA) is 35.8 Å². The Bertz CT molecular complexity index is 371. The van der Waals surface area contributed by atoms with E-state index < -0.39 is 11.6 Å². The van der Waals surface area contributed by atoms with Crippen LogP contribution in [0.1, 0.15) is 19.8 Å². The van der Waals surface area contributed by atoms with Gasteiger partial charge in [-0.2, -0.15) is 5.26 Å². The number of hydrogen-bond acceptors (Lipinski definition) is 2. The molecule has 0 spiro atoms. The minimum absolute atomic E-state index is 0.108. The van der Waals surface area contributed by atoms with Crippen LogP contribution in [0.3, 0.4) is 0 Å². The molecule has 15 heavy (non-hydrogen) atoms. The molecule has 0 aliphatic rings. The molecular formula is C11H12F2N2. The fraction of sp³-hybridized carbons (Fsp3) is 0.364. The first-order chi connectivity index (χ1) is 7.17. The molecule has 0 radical (unpaired) electrons. The highest BCUT2D eigenvalue weighted by molar-refractivity contribution is 5.45. The molecule has 0 aliphatic heterocycles. The minimum atomic E-state index is -0.507. The van der Waals surface area contributed by atoms with Gasteiger partial charge < -0.3 is 5.32 Å². The maximum Gasteiger partial charge on any atom is 0.146 e. The largest absolute Gasteiger partial charge is 0.379 e. The van der Waals surface area contributed by atoms with Crippen LogP contribution in [0.4, 0.5) is 14.5 Å². The summed E-state index contributed by atoms with van der Waals surface area (Å²) in [6.45, 7) is 1.88. The van der Waals surface area contributed by atoms with E-state index in [1.165, 1.54) is 0 Å². The van der Waals surface area contributed by atoms with Gasteiger partial charge in [0.25, 0.3) is 0 Å². The van der Waals surface area contributed by atoms with Crippen molar-refractivity contribution < 1.29 is 8.78 Å². The van der Waals surface area contributed by atoms with E-state index in [0.29, 0.717) is 6.42 Å². The molecule has 0 amide bonds. The summed E-state index contributed by atoms with van der Waals surface area (Å²) >= 11 is 0. The summed E-state index contributed by atoms with van der Waals surface area (Å²) < 4.78 is 26.0. The van der Waals surface area contributed by atoms with Crippen molar-refractivity contribution in [3.8, 4) is 6.07 Å². The van der Waals surface area contributed by atoms with E-state index in [1.54, 1.807) is 0 Å². The second-order valence-corrected chi connectivity index (χ2v) is 3.24. The Balaban J connectivity index is 2.78. The quantitative estimate of drug-likeness (QED) is 0.828. The van der Waals surface area contributed by atoms with E-state index in [2.05, 4.69) is 5.32 Å². The van der Waals surface area contributed by atoms with E-state index in [-0.39, 0.29) is 18.2 Å². The zero-order valence-corrected chi connectivity index (χ0v) is 8.43. The molecule has 1 unspecified atom stereocenters. The molecule has 0 saturated carbocycles. The molecule has 1 aromatic rings. The molecule has 0 bridgehead atoms. The third-order valence-electron chi connectivity index (χ3n) is 2.12. The zero-order valence-electron chi connectivity index (χ0n) is 8.43. The second-order valence-electron chi connectivity index (χ2n) is 3.24. The summed E-state index contributed by atoms with van der Waals surface area (Å²) in [5.74, 6) is -1.00. The van der Waals surface area contributed by atoms with Crippen molar-refractivity contribution in [3.63, 3.8) is 0 Å². The fourth-order valence-corrected chi connectivity index (χ4v) is 1.24. The van der Waals surface area contributed by atoms with Crippen molar-refractivity contribution in [2.45, 2.75) is 25.8 Å². The average molecular weight is 210 g/mol. The van der Waals surface area contributed by atoms with Gasteiger partial charge in [0, 0.05) is 6.04 Å². The van der Waals surface area contributed by atoms with E-state index in [9.17, 15) is 8.78 Å². The van der Waals surface area contributed by atoms with E-state index in [0.717, 1.165) is 18.2 Å². The van der Waals surface area contributed by atoms with Gasteiger partial charge in [0.05, 0.1) is 18.2 Å². The third-order valence-corrected chi connectivity index (χ3v) is 2.12. The first-order valence-electron chi connectivity index (χ1n) is 4.76. The van der Waals surface area contributed by atoms with Crippen LogP contribution in [0.5, 0.6) is 0 Å². The van der Waals surface area contributed by atoms with E-state index in [1.807, 2.05) is 13.0 Å². The average Bonchev–Trinajstić information content (AvgIpc) is 2.22. The Labute approximate surface area is 87.5 Å². The summed E-state index contributed by atoms with van der Waals surface area (Å²) in [5.41, 5.74) is 0.108. The Morgan fingerprint density at radius 1 is 1.47 bits per heavy atom. The summed E-state index contributed by atoms with van der Waals surface area (Å²) in [5, 5.41) is 11.3. The number of halogens is 2. The minimum Gasteiger partial charge on any atom is -0.379 e. The molecule has 0 fully saturated rings. The number of nitrogens with zero attached hydrogens (tertiary/aromatic N) is 1. The number of nitriles is 1. The Morgan fingerprint density at radius 3 is 2.80 bits per heavy atom. The molecule has 0 aliphatic carbocycles. The van der Waals surface area contributed by atoms with Crippen molar-refractivity contribution >= 4 is 5.69 Å². The predicted octanol–water partition coefficient (Wildman–Crippen LogP) is 3.07. The van der Waals surface area contributed by atoms with Gasteiger partial charge in [-0.25, -0.2) is 8.78 Å². The van der Waals surface area contributed by atoms with Gasteiger partial charge in [0.15, 0.2) is 0 Å². The number of nitrogens with one attached hydrogen (secondary N) is 1. The lowest BCUT2D eigenvalue weighted by Gasteiger charge is -2.15. The van der Waals surface area contributed by atoms with Crippen molar-refractivity contribution in [1.29, 1.82) is 5.26 Å². The standard InChI is InChI=1S/C11H12F2N2/c1-2-9(5-6-14)15-11-7-8(12)3-4-10(11)13/h3-4,7,9,15H,2,5H2,1H3. The van der Waals surface area contributed by atoms with Gasteiger partial charge in [-0.15, -0.1) is 0 Å². The summed E-state index contributed by atoms with van der Waals surface area (Å²) in [6.07, 6.45) is 0.954. The van der Waals surface area contributed by atoms with Gasteiger partial charge in [-0.05, 0) is 24.6 Å². The molecule has 4 heteroatoms. The first kappa shape index (κ1) is 11.4. The smallest absolute Gasteiger partial charge is 0.146 e. The number of anilines is 1. The third kappa shape index (κ3) is 3.21. The summed E-state index contributed by atoms with van der Waals surface area (Å²) in [4.78, 5) is 0. The van der Waals surface area contributed by atoms with Crippen LogP contribution in [0.25, 0.3) is 0 Å². The second kappa shape index (κ2) is 5.30. The van der Waals surface area contributed by atoms with Crippen molar-refractivity contribution in [2.24, 2.45) is 0 Å². The normalized spacial score (nSPS) is 11.9. The number of rotatable bonds is 4. The molecule has 2 nitrogen and oxygen atoms in total. The van der Waals surface area contributed by atoms with Crippen molar-refractivity contribution in [1.82, 2.24) is 0 Å². The van der Waals surface area contributed by atoms with Crippen LogP contribution in [-0.2, 0) is 0 Å². The lowest BCUT2D eigenvalue weighted by Crippen LogP contribution is -2.18. The summed E-state index contributed by atoms with van der Waals surface area (Å²) in [7, 11) is 0. The Kier molecular flexibility index (Phi) is 4.04. The molecule has 0 saturated heterocycles. The van der Waals surface area contributed by atoms with Gasteiger partial charge >= 0.3 is 0 Å². The zero-order chi connectivity index (χ0) is 11.3. The van der Waals surface area contributed by atoms with Crippen LogP contribution in [0.2, 0.25) is 0 Å². The van der Waals surface area contributed by atoms with Crippen LogP contribution in [-0.4, -0.2) is 6.04 Å². The van der Waals surface area contributed by atoms with Crippen molar-refractivity contribution in [2.75, 3.05) is 5.32 Å². The predicted molar refractivity (Wildman–Crippen MR) is 54.3 cm³/mol. The van der Waals surface area contributed by atoms with Crippen molar-refractivity contribution in [3.05, 3.63) is 29.8 Å². The summed E-state index contributed by atoms with van der Waals surface area (Å²) in [6, 6.07) is 5.07. The van der Waals surface area contributed by atoms with E-state index >= 15 is 0 Å². The molecule has 1 N–H and O–H groups in total. The Morgan fingerprint density at radius 2 is 2.20 bits per heavy atom. The lowest BCUT2D eigenvalue weighted by atomic mass is 10.1. The van der Waals surface area contributed by atoms with Gasteiger partial charge in [-0.1, -0.05) is 6.92 Å². The molecule has 80 valence electrons. The molecule has 1 atom stereocenters. The number of benzene rings is 1. The molecule has 0 heterocycles. The SMILES string of the molecule is CCC(CC#N)Nc1cc(F)ccc1F. The van der Waals surface area contributed by atoms with Crippen LogP contribution >= 0.6 is 0 Å². The maximum absolute atomic E-state index is 13.2. The molecular weight excluding hydrogens is 198 g/mol. The number of hydrogen-bond donors (Lipinski definition) is 1. The van der Waals surface area contributed by atoms with Crippen LogP contribution in [0.15, 0.2) is 18.2 Å². The van der Waals surface area contributed by atoms with Gasteiger partial charge in [-0.3, -0.25) is 0 Å². The fourth-order valence-electron chi connectivity index (χ4n) is 1.24. The molecule has 1 aromatic carbocycles. The van der Waals surface area contributed by atoms with Gasteiger partial charge in [0.1, 0.15) is 11.6 Å².